The molecule has 0 aliphatic carbocycles. The number of hydrogen-bond acceptors (Lipinski definition) is 5. The van der Waals surface area contributed by atoms with E-state index in [2.05, 4.69) is 10.4 Å². The summed E-state index contributed by atoms with van der Waals surface area (Å²) in [6.45, 7) is 0.445. The average molecular weight is 616 g/mol. The van der Waals surface area contributed by atoms with Crippen molar-refractivity contribution in [1.29, 1.82) is 0 Å². The van der Waals surface area contributed by atoms with Crippen LogP contribution in [0.4, 0.5) is 26.4 Å². The van der Waals surface area contributed by atoms with Crippen molar-refractivity contribution in [3.8, 4) is 11.5 Å². The first-order valence-corrected chi connectivity index (χ1v) is 13.9. The summed E-state index contributed by atoms with van der Waals surface area (Å²) in [6.07, 6.45) is 0.679. The molecule has 4 aromatic carbocycles. The molecule has 2 aliphatic heterocycles. The van der Waals surface area contributed by atoms with E-state index in [1.54, 1.807) is 36.2 Å². The molecule has 9 nitrogen and oxygen atoms in total. The lowest BCUT2D eigenvalue weighted by Gasteiger charge is -2.21. The van der Waals surface area contributed by atoms with E-state index in [9.17, 15) is 18.8 Å². The third-order valence-electron chi connectivity index (χ3n) is 7.48. The molecular formula is C31H20Cl2FN5O4. The Morgan fingerprint density at radius 2 is 1.65 bits per heavy atom. The maximum atomic E-state index is 14.3. The molecule has 0 unspecified atom stereocenters. The lowest BCUT2D eigenvalue weighted by atomic mass is 10.1. The first kappa shape index (κ1) is 26.9. The SMILES string of the molecule is Cn1nc(N2C(=O)c3ccccc3C2=O)c2c(Oc3cc(F)ccc3Cl)c(NC(=O)N3CCc4ccccc43)cc(Cl)c21. The Hall–Kier alpha value is -4.93. The van der Waals surface area contributed by atoms with Gasteiger partial charge < -0.3 is 10.1 Å². The lowest BCUT2D eigenvalue weighted by Crippen LogP contribution is -2.33. The third-order valence-corrected chi connectivity index (χ3v) is 8.08. The lowest BCUT2D eigenvalue weighted by molar-refractivity contribution is 0.0925. The minimum atomic E-state index is -0.615. The van der Waals surface area contributed by atoms with E-state index >= 15 is 0 Å². The average Bonchev–Trinajstić information content (AvgIpc) is 3.65. The normalized spacial score (nSPS) is 14.0. The van der Waals surface area contributed by atoms with Crippen molar-refractivity contribution in [2.45, 2.75) is 6.42 Å². The Morgan fingerprint density at radius 1 is 0.953 bits per heavy atom. The van der Waals surface area contributed by atoms with Gasteiger partial charge in [-0.2, -0.15) is 5.10 Å². The molecule has 0 atom stereocenters. The zero-order valence-electron chi connectivity index (χ0n) is 22.4. The van der Waals surface area contributed by atoms with E-state index in [-0.39, 0.29) is 49.6 Å². The number of anilines is 3. The van der Waals surface area contributed by atoms with Gasteiger partial charge in [-0.3, -0.25) is 19.2 Å². The summed E-state index contributed by atoms with van der Waals surface area (Å²) in [5, 5.41) is 7.74. The molecule has 0 saturated heterocycles. The highest BCUT2D eigenvalue weighted by atomic mass is 35.5. The van der Waals surface area contributed by atoms with E-state index in [4.69, 9.17) is 27.9 Å². The highest BCUT2D eigenvalue weighted by molar-refractivity contribution is 6.39. The van der Waals surface area contributed by atoms with Crippen molar-refractivity contribution < 1.29 is 23.5 Å². The minimum absolute atomic E-state index is 0.0348. The van der Waals surface area contributed by atoms with Gasteiger partial charge in [-0.1, -0.05) is 53.5 Å². The number of fused-ring (bicyclic) bond motifs is 3. The number of carbonyl (C=O) groups is 3. The summed E-state index contributed by atoms with van der Waals surface area (Å²) in [4.78, 5) is 43.2. The van der Waals surface area contributed by atoms with Gasteiger partial charge in [0.1, 0.15) is 11.6 Å². The largest absolute Gasteiger partial charge is 0.453 e. The summed E-state index contributed by atoms with van der Waals surface area (Å²) in [5.74, 6) is -1.97. The number of para-hydroxylation sites is 1. The topological polar surface area (TPSA) is 96.8 Å². The highest BCUT2D eigenvalue weighted by Crippen LogP contribution is 2.47. The number of hydrogen-bond donors (Lipinski definition) is 1. The molecule has 0 saturated carbocycles. The van der Waals surface area contributed by atoms with Gasteiger partial charge in [0, 0.05) is 25.3 Å². The molecule has 0 spiro atoms. The standard InChI is InChI=1S/C31H20Cl2FN5O4/c1-37-26-21(33)15-22(35-31(42)38-13-12-16-6-2-5-9-23(16)38)27(43-24-14-17(34)10-11-20(24)32)25(26)28(36-37)39-29(40)18-7-3-4-8-19(18)30(39)41/h2-11,14-15H,12-13H2,1H3,(H,35,42). The van der Waals surface area contributed by atoms with E-state index in [0.29, 0.717) is 18.5 Å². The summed E-state index contributed by atoms with van der Waals surface area (Å²) < 4.78 is 21.9. The van der Waals surface area contributed by atoms with Crippen LogP contribution in [0, 0.1) is 5.82 Å². The Labute approximate surface area is 254 Å². The molecule has 43 heavy (non-hydrogen) atoms. The summed E-state index contributed by atoms with van der Waals surface area (Å²) >= 11 is 13.1. The van der Waals surface area contributed by atoms with Gasteiger partial charge in [0.05, 0.1) is 37.8 Å². The number of imide groups is 1. The molecule has 0 fully saturated rings. The Bertz CT molecular complexity index is 1990. The van der Waals surface area contributed by atoms with Crippen LogP contribution in [0.3, 0.4) is 0 Å². The van der Waals surface area contributed by atoms with Crippen LogP contribution in [0.5, 0.6) is 11.5 Å². The maximum Gasteiger partial charge on any atom is 0.326 e. The predicted molar refractivity (Wildman–Crippen MR) is 161 cm³/mol. The van der Waals surface area contributed by atoms with E-state index in [0.717, 1.165) is 22.2 Å². The van der Waals surface area contributed by atoms with Gasteiger partial charge in [0.15, 0.2) is 11.6 Å². The van der Waals surface area contributed by atoms with Crippen LogP contribution in [0.2, 0.25) is 10.0 Å². The van der Waals surface area contributed by atoms with Crippen molar-refractivity contribution in [3.05, 3.63) is 105 Å². The number of benzene rings is 4. The van der Waals surface area contributed by atoms with E-state index in [1.165, 1.54) is 22.9 Å². The quantitative estimate of drug-likeness (QED) is 0.216. The van der Waals surface area contributed by atoms with Crippen molar-refractivity contribution in [2.24, 2.45) is 7.05 Å². The molecule has 214 valence electrons. The van der Waals surface area contributed by atoms with Crippen LogP contribution >= 0.6 is 23.2 Å². The second-order valence-electron chi connectivity index (χ2n) is 10.0. The number of urea groups is 1. The Morgan fingerprint density at radius 3 is 2.40 bits per heavy atom. The number of aromatic nitrogens is 2. The molecule has 0 bridgehead atoms. The molecule has 3 heterocycles. The number of aryl methyl sites for hydroxylation is 1. The van der Waals surface area contributed by atoms with Crippen molar-refractivity contribution in [1.82, 2.24) is 9.78 Å². The predicted octanol–water partition coefficient (Wildman–Crippen LogP) is 7.21. The molecule has 7 rings (SSSR count). The van der Waals surface area contributed by atoms with Crippen molar-refractivity contribution >= 4 is 69.1 Å². The first-order chi connectivity index (χ1) is 20.7. The van der Waals surface area contributed by atoms with Crippen LogP contribution < -0.4 is 19.9 Å². The monoisotopic (exact) mass is 615 g/mol. The van der Waals surface area contributed by atoms with Crippen molar-refractivity contribution in [2.75, 3.05) is 21.7 Å². The molecule has 12 heteroatoms. The first-order valence-electron chi connectivity index (χ1n) is 13.2. The zero-order chi connectivity index (χ0) is 30.0. The van der Waals surface area contributed by atoms with Gasteiger partial charge in [-0.25, -0.2) is 14.1 Å². The van der Waals surface area contributed by atoms with Crippen LogP contribution in [0.25, 0.3) is 10.9 Å². The number of halogens is 3. The molecule has 1 N–H and O–H groups in total. The fraction of sp³-hybridized carbons (Fsp3) is 0.0968. The molecule has 1 aromatic heterocycles. The van der Waals surface area contributed by atoms with Gasteiger partial charge in [0.25, 0.3) is 11.8 Å². The van der Waals surface area contributed by atoms with E-state index < -0.39 is 23.7 Å². The number of carbonyl (C=O) groups excluding carboxylic acids is 3. The van der Waals surface area contributed by atoms with Gasteiger partial charge in [0.2, 0.25) is 0 Å². The van der Waals surface area contributed by atoms with Crippen molar-refractivity contribution in [3.63, 3.8) is 0 Å². The molecule has 0 radical (unpaired) electrons. The van der Waals surface area contributed by atoms with Gasteiger partial charge in [-0.05, 0) is 48.4 Å². The van der Waals surface area contributed by atoms with Crippen LogP contribution in [-0.2, 0) is 13.5 Å². The summed E-state index contributed by atoms with van der Waals surface area (Å²) in [5.41, 5.74) is 2.61. The maximum absolute atomic E-state index is 14.3. The summed E-state index contributed by atoms with van der Waals surface area (Å²) in [6, 6.07) is 18.6. The number of amides is 4. The molecule has 2 aliphatic rings. The second kappa shape index (κ2) is 10.1. The second-order valence-corrected chi connectivity index (χ2v) is 10.8. The molecule has 4 amide bonds. The number of nitrogens with one attached hydrogen (secondary N) is 1. The number of ether oxygens (including phenoxy) is 1. The van der Waals surface area contributed by atoms with Crippen LogP contribution in [-0.4, -0.2) is 34.2 Å². The molecule has 5 aromatic rings. The fourth-order valence-electron chi connectivity index (χ4n) is 5.52. The number of nitrogens with zero attached hydrogens (tertiary/aromatic N) is 4. The van der Waals surface area contributed by atoms with Gasteiger partial charge in [-0.15, -0.1) is 0 Å². The fourth-order valence-corrected chi connectivity index (χ4v) is 6.00. The smallest absolute Gasteiger partial charge is 0.326 e. The van der Waals surface area contributed by atoms with E-state index in [1.807, 2.05) is 24.3 Å². The highest BCUT2D eigenvalue weighted by Gasteiger charge is 2.40. The van der Waals surface area contributed by atoms with Crippen LogP contribution in [0.15, 0.2) is 72.8 Å². The molecular weight excluding hydrogens is 596 g/mol. The summed E-state index contributed by atoms with van der Waals surface area (Å²) in [7, 11) is 1.59. The Kier molecular flexibility index (Phi) is 6.33. The Balaban J connectivity index is 1.42. The minimum Gasteiger partial charge on any atom is -0.453 e. The number of rotatable bonds is 4. The van der Waals surface area contributed by atoms with Gasteiger partial charge >= 0.3 is 6.03 Å². The third kappa shape index (κ3) is 4.29. The van der Waals surface area contributed by atoms with Crippen LogP contribution in [0.1, 0.15) is 26.3 Å². The zero-order valence-corrected chi connectivity index (χ0v) is 23.9.